The van der Waals surface area contributed by atoms with E-state index in [0.717, 1.165) is 16.5 Å². The Morgan fingerprint density at radius 2 is 2.17 bits per heavy atom. The Balaban J connectivity index is 2.10. The number of rotatable bonds is 3. The summed E-state index contributed by atoms with van der Waals surface area (Å²) in [6.07, 6.45) is 1.50. The fraction of sp³-hybridized carbons (Fsp3) is 0.0556. The van der Waals surface area contributed by atoms with Gasteiger partial charge in [-0.25, -0.2) is 4.98 Å². The van der Waals surface area contributed by atoms with E-state index in [1.54, 1.807) is 17.5 Å². The predicted molar refractivity (Wildman–Crippen MR) is 93.7 cm³/mol. The summed E-state index contributed by atoms with van der Waals surface area (Å²) in [6, 6.07) is 13.1. The molecule has 0 atom stereocenters. The van der Waals surface area contributed by atoms with Crippen LogP contribution in [0.4, 0.5) is 0 Å². The molecule has 3 nitrogen and oxygen atoms in total. The van der Waals surface area contributed by atoms with Gasteiger partial charge in [0.15, 0.2) is 0 Å². The van der Waals surface area contributed by atoms with Gasteiger partial charge in [0.05, 0.1) is 10.4 Å². The topological polar surface area (TPSA) is 53.8 Å². The maximum atomic E-state index is 12.3. The lowest BCUT2D eigenvalue weighted by molar-refractivity contribution is 0.104. The molecular weight excluding hydrogens is 328 g/mol. The van der Waals surface area contributed by atoms with Crippen molar-refractivity contribution in [3.8, 4) is 6.07 Å². The molecule has 0 bridgehead atoms. The molecule has 2 heterocycles. The molecule has 0 amide bonds. The number of Topliss-reactive ketones (excluding diaryl/α,β-unsaturated/α-hetero) is 1. The second-order valence-corrected chi connectivity index (χ2v) is 6.30. The van der Waals surface area contributed by atoms with Gasteiger partial charge >= 0.3 is 0 Å². The van der Waals surface area contributed by atoms with Crippen molar-refractivity contribution in [1.82, 2.24) is 4.98 Å². The van der Waals surface area contributed by atoms with E-state index < -0.39 is 0 Å². The lowest BCUT2D eigenvalue weighted by Gasteiger charge is -2.05. The first-order valence-electron chi connectivity index (χ1n) is 6.86. The number of carbonyl (C=O) groups is 1. The smallest absolute Gasteiger partial charge is 0.213 e. The van der Waals surface area contributed by atoms with Crippen molar-refractivity contribution < 1.29 is 4.79 Å². The fourth-order valence-corrected chi connectivity index (χ4v) is 3.16. The molecule has 0 N–H and O–H groups in total. The van der Waals surface area contributed by atoms with Crippen LogP contribution in [0.15, 0.2) is 47.4 Å². The summed E-state index contributed by atoms with van der Waals surface area (Å²) < 4.78 is 0. The average molecular weight is 339 g/mol. The van der Waals surface area contributed by atoms with Gasteiger partial charge in [-0.2, -0.15) is 5.26 Å². The quantitative estimate of drug-likeness (QED) is 0.290. The number of hydrogen-bond acceptors (Lipinski definition) is 4. The summed E-state index contributed by atoms with van der Waals surface area (Å²) in [4.78, 5) is 17.2. The van der Waals surface area contributed by atoms with Crippen LogP contribution in [0.1, 0.15) is 20.8 Å². The fourth-order valence-electron chi connectivity index (χ4n) is 2.29. The predicted octanol–water partition coefficient (Wildman–Crippen LogP) is 5.05. The first-order chi connectivity index (χ1) is 11.1. The van der Waals surface area contributed by atoms with Crippen LogP contribution in [0.5, 0.6) is 0 Å². The number of nitrogens with zero attached hydrogens (tertiary/aromatic N) is 2. The van der Waals surface area contributed by atoms with E-state index in [1.165, 1.54) is 17.4 Å². The number of aryl methyl sites for hydroxylation is 1. The summed E-state index contributed by atoms with van der Waals surface area (Å²) in [5.74, 6) is -0.303. The van der Waals surface area contributed by atoms with Crippen LogP contribution < -0.4 is 0 Å². The van der Waals surface area contributed by atoms with Crippen molar-refractivity contribution in [3.05, 3.63) is 68.5 Å². The van der Waals surface area contributed by atoms with Gasteiger partial charge in [0.1, 0.15) is 16.8 Å². The summed E-state index contributed by atoms with van der Waals surface area (Å²) in [5, 5.41) is 12.3. The SMILES string of the molecule is Cc1cccc2cc(/C=C(\C#N)C(=O)c3cccs3)c(Cl)nc12. The molecule has 1 aromatic carbocycles. The zero-order valence-corrected chi connectivity index (χ0v) is 13.8. The Hall–Kier alpha value is -2.48. The minimum absolute atomic E-state index is 0.0446. The van der Waals surface area contributed by atoms with Gasteiger partial charge < -0.3 is 0 Å². The summed E-state index contributed by atoms with van der Waals surface area (Å²) in [5.41, 5.74) is 2.45. The highest BCUT2D eigenvalue weighted by Gasteiger charge is 2.14. The number of thiophene rings is 1. The van der Waals surface area contributed by atoms with E-state index >= 15 is 0 Å². The Labute approximate surface area is 142 Å². The molecular formula is C18H11ClN2OS. The minimum atomic E-state index is -0.303. The van der Waals surface area contributed by atoms with Crippen molar-refractivity contribution in [2.75, 3.05) is 0 Å². The number of aromatic nitrogens is 1. The number of nitriles is 1. The maximum absolute atomic E-state index is 12.3. The molecule has 0 radical (unpaired) electrons. The largest absolute Gasteiger partial charge is 0.287 e. The highest BCUT2D eigenvalue weighted by atomic mass is 35.5. The number of hydrogen-bond donors (Lipinski definition) is 0. The molecule has 0 spiro atoms. The van der Waals surface area contributed by atoms with Crippen LogP contribution in [0.3, 0.4) is 0 Å². The highest BCUT2D eigenvalue weighted by molar-refractivity contribution is 7.12. The van der Waals surface area contributed by atoms with Gasteiger partial charge in [-0.15, -0.1) is 11.3 Å². The Morgan fingerprint density at radius 3 is 2.87 bits per heavy atom. The van der Waals surface area contributed by atoms with E-state index in [-0.39, 0.29) is 16.5 Å². The van der Waals surface area contributed by atoms with Gasteiger partial charge in [0.25, 0.3) is 0 Å². The molecule has 0 aliphatic carbocycles. The number of benzene rings is 1. The lowest BCUT2D eigenvalue weighted by Crippen LogP contribution is -1.99. The number of ketones is 1. The number of pyridine rings is 1. The van der Waals surface area contributed by atoms with Gasteiger partial charge in [-0.05, 0) is 36.1 Å². The highest BCUT2D eigenvalue weighted by Crippen LogP contribution is 2.25. The molecule has 0 unspecified atom stereocenters. The molecule has 23 heavy (non-hydrogen) atoms. The van der Waals surface area contributed by atoms with Crippen LogP contribution in [-0.4, -0.2) is 10.8 Å². The Kier molecular flexibility index (Phi) is 4.24. The molecule has 0 fully saturated rings. The van der Waals surface area contributed by atoms with E-state index in [0.29, 0.717) is 10.4 Å². The molecule has 0 saturated heterocycles. The van der Waals surface area contributed by atoms with Crippen LogP contribution in [-0.2, 0) is 0 Å². The van der Waals surface area contributed by atoms with Crippen molar-refractivity contribution in [2.45, 2.75) is 6.92 Å². The van der Waals surface area contributed by atoms with Gasteiger partial charge in [-0.3, -0.25) is 4.79 Å². The van der Waals surface area contributed by atoms with Crippen LogP contribution in [0, 0.1) is 18.3 Å². The number of carbonyl (C=O) groups excluding carboxylic acids is 1. The van der Waals surface area contributed by atoms with Crippen molar-refractivity contribution in [1.29, 1.82) is 5.26 Å². The number of allylic oxidation sites excluding steroid dienone is 1. The first kappa shape index (κ1) is 15.4. The molecule has 2 aromatic heterocycles. The van der Waals surface area contributed by atoms with Crippen LogP contribution in [0.2, 0.25) is 5.15 Å². The second-order valence-electron chi connectivity index (χ2n) is 4.99. The molecule has 3 rings (SSSR count). The van der Waals surface area contributed by atoms with Crippen molar-refractivity contribution in [3.63, 3.8) is 0 Å². The van der Waals surface area contributed by atoms with E-state index in [9.17, 15) is 10.1 Å². The molecule has 112 valence electrons. The van der Waals surface area contributed by atoms with E-state index in [4.69, 9.17) is 11.6 Å². The second kappa shape index (κ2) is 6.33. The molecule has 0 aliphatic rings. The van der Waals surface area contributed by atoms with Gasteiger partial charge in [0, 0.05) is 10.9 Å². The number of fused-ring (bicyclic) bond motifs is 1. The molecule has 5 heteroatoms. The van der Waals surface area contributed by atoms with Crippen molar-refractivity contribution in [2.24, 2.45) is 0 Å². The molecule has 3 aromatic rings. The number of halogens is 1. The summed E-state index contributed by atoms with van der Waals surface area (Å²) in [6.45, 7) is 1.96. The zero-order chi connectivity index (χ0) is 16.4. The van der Waals surface area contributed by atoms with E-state index in [1.807, 2.05) is 37.3 Å². The monoisotopic (exact) mass is 338 g/mol. The van der Waals surface area contributed by atoms with Crippen LogP contribution >= 0.6 is 22.9 Å². The third-order valence-corrected chi connectivity index (χ3v) is 4.61. The lowest BCUT2D eigenvalue weighted by atomic mass is 10.1. The van der Waals surface area contributed by atoms with Crippen molar-refractivity contribution >= 4 is 45.7 Å². The maximum Gasteiger partial charge on any atom is 0.213 e. The molecule has 0 aliphatic heterocycles. The third kappa shape index (κ3) is 3.02. The summed E-state index contributed by atoms with van der Waals surface area (Å²) in [7, 11) is 0. The summed E-state index contributed by atoms with van der Waals surface area (Å²) >= 11 is 7.54. The van der Waals surface area contributed by atoms with Crippen LogP contribution in [0.25, 0.3) is 17.0 Å². The minimum Gasteiger partial charge on any atom is -0.287 e. The Morgan fingerprint density at radius 1 is 1.35 bits per heavy atom. The number of para-hydroxylation sites is 1. The van der Waals surface area contributed by atoms with Gasteiger partial charge in [-0.1, -0.05) is 35.9 Å². The standard InChI is InChI=1S/C18H11ClN2OS/c1-11-4-2-5-12-8-13(18(19)21-16(11)12)9-14(10-20)17(22)15-6-3-7-23-15/h2-9H,1H3/b14-9+. The average Bonchev–Trinajstić information content (AvgIpc) is 3.07. The normalized spacial score (nSPS) is 11.4. The molecule has 0 saturated carbocycles. The third-order valence-electron chi connectivity index (χ3n) is 3.44. The van der Waals surface area contributed by atoms with Gasteiger partial charge in [0.2, 0.25) is 5.78 Å². The Bertz CT molecular complexity index is 969. The first-order valence-corrected chi connectivity index (χ1v) is 8.12. The zero-order valence-electron chi connectivity index (χ0n) is 12.2. The van der Waals surface area contributed by atoms with E-state index in [2.05, 4.69) is 4.98 Å².